The molecule has 0 unspecified atom stereocenters. The van der Waals surface area contributed by atoms with Gasteiger partial charge in [0.05, 0.1) is 6.54 Å². The van der Waals surface area contributed by atoms with Crippen molar-refractivity contribution in [2.24, 2.45) is 0 Å². The summed E-state index contributed by atoms with van der Waals surface area (Å²) < 4.78 is 39.8. The molecule has 0 saturated carbocycles. The predicted octanol–water partition coefficient (Wildman–Crippen LogP) is 3.20. The van der Waals surface area contributed by atoms with Crippen LogP contribution in [-0.4, -0.2) is 24.6 Å². The van der Waals surface area contributed by atoms with Crippen LogP contribution in [0.15, 0.2) is 54.6 Å². The van der Waals surface area contributed by atoms with Gasteiger partial charge in [0.2, 0.25) is 0 Å². The number of ether oxygens (including phenoxy) is 1. The first kappa shape index (κ1) is 16.5. The van der Waals surface area contributed by atoms with Crippen molar-refractivity contribution in [3.63, 3.8) is 0 Å². The van der Waals surface area contributed by atoms with Gasteiger partial charge >= 0.3 is 6.36 Å². The van der Waals surface area contributed by atoms with Crippen molar-refractivity contribution in [3.8, 4) is 5.75 Å². The summed E-state index contributed by atoms with van der Waals surface area (Å²) in [4.78, 5) is 23.7. The second-order valence-electron chi connectivity index (χ2n) is 4.54. The standard InChI is InChI=1S/C16H12F3NO3/c17-16(18,19)23-13-8-6-12(7-9-13)15(22)20-10-14(21)11-4-2-1-3-5-11/h1-9H,10H2,(H,20,22). The maximum atomic E-state index is 12.0. The lowest BCUT2D eigenvalue weighted by Crippen LogP contribution is -2.29. The number of amides is 1. The first-order valence-corrected chi connectivity index (χ1v) is 6.57. The van der Waals surface area contributed by atoms with Gasteiger partial charge in [-0.05, 0) is 24.3 Å². The van der Waals surface area contributed by atoms with Gasteiger partial charge in [0, 0.05) is 11.1 Å². The number of carbonyl (C=O) groups excluding carboxylic acids is 2. The van der Waals surface area contributed by atoms with E-state index >= 15 is 0 Å². The van der Waals surface area contributed by atoms with Crippen molar-refractivity contribution in [2.45, 2.75) is 6.36 Å². The number of rotatable bonds is 5. The first-order chi connectivity index (χ1) is 10.8. The topological polar surface area (TPSA) is 55.4 Å². The molecule has 7 heteroatoms. The van der Waals surface area contributed by atoms with Crippen LogP contribution in [0.4, 0.5) is 13.2 Å². The summed E-state index contributed by atoms with van der Waals surface area (Å²) in [6.45, 7) is -0.205. The molecule has 1 amide bonds. The van der Waals surface area contributed by atoms with E-state index in [1.165, 1.54) is 12.1 Å². The molecule has 120 valence electrons. The number of benzene rings is 2. The maximum Gasteiger partial charge on any atom is 0.573 e. The molecule has 4 nitrogen and oxygen atoms in total. The zero-order valence-corrected chi connectivity index (χ0v) is 11.8. The fourth-order valence-electron chi connectivity index (χ4n) is 1.80. The molecule has 0 heterocycles. The third kappa shape index (κ3) is 5.14. The summed E-state index contributed by atoms with van der Waals surface area (Å²) in [5.74, 6) is -1.25. The molecular weight excluding hydrogens is 311 g/mol. The van der Waals surface area contributed by atoms with E-state index in [2.05, 4.69) is 10.1 Å². The smallest absolute Gasteiger partial charge is 0.406 e. The predicted molar refractivity (Wildman–Crippen MR) is 76.2 cm³/mol. The summed E-state index contributed by atoms with van der Waals surface area (Å²) >= 11 is 0. The number of nitrogens with one attached hydrogen (secondary N) is 1. The van der Waals surface area contributed by atoms with Gasteiger partial charge in [-0.2, -0.15) is 0 Å². The van der Waals surface area contributed by atoms with E-state index in [9.17, 15) is 22.8 Å². The highest BCUT2D eigenvalue weighted by molar-refractivity contribution is 6.02. The van der Waals surface area contributed by atoms with Crippen LogP contribution in [0.3, 0.4) is 0 Å². The Labute approximate surface area is 129 Å². The van der Waals surface area contributed by atoms with E-state index < -0.39 is 18.0 Å². The third-order valence-electron chi connectivity index (χ3n) is 2.86. The summed E-state index contributed by atoms with van der Waals surface area (Å²) in [5.41, 5.74) is 0.585. The number of halogens is 3. The Morgan fingerprint density at radius 2 is 1.52 bits per heavy atom. The van der Waals surface area contributed by atoms with Crippen LogP contribution in [0.2, 0.25) is 0 Å². The van der Waals surface area contributed by atoms with E-state index in [1.807, 2.05) is 0 Å². The Morgan fingerprint density at radius 1 is 0.913 bits per heavy atom. The number of hydrogen-bond acceptors (Lipinski definition) is 3. The normalized spacial score (nSPS) is 10.9. The van der Waals surface area contributed by atoms with Gasteiger partial charge in [0.1, 0.15) is 5.75 Å². The van der Waals surface area contributed by atoms with Crippen LogP contribution in [0.5, 0.6) is 5.75 Å². The molecule has 2 aromatic rings. The van der Waals surface area contributed by atoms with E-state index in [1.54, 1.807) is 30.3 Å². The molecule has 0 aliphatic carbocycles. The quantitative estimate of drug-likeness (QED) is 0.860. The zero-order valence-electron chi connectivity index (χ0n) is 11.8. The first-order valence-electron chi connectivity index (χ1n) is 6.57. The lowest BCUT2D eigenvalue weighted by atomic mass is 10.1. The molecule has 0 spiro atoms. The number of hydrogen-bond donors (Lipinski definition) is 1. The van der Waals surface area contributed by atoms with Crippen molar-refractivity contribution in [3.05, 3.63) is 65.7 Å². The second kappa shape index (κ2) is 6.95. The van der Waals surface area contributed by atoms with E-state index in [0.29, 0.717) is 5.56 Å². The van der Waals surface area contributed by atoms with E-state index in [-0.39, 0.29) is 17.9 Å². The van der Waals surface area contributed by atoms with Crippen LogP contribution in [0.1, 0.15) is 20.7 Å². The summed E-state index contributed by atoms with van der Waals surface area (Å²) in [5, 5.41) is 2.41. The Hall–Kier alpha value is -2.83. The molecule has 0 radical (unpaired) electrons. The molecule has 2 aromatic carbocycles. The molecule has 1 N–H and O–H groups in total. The molecule has 23 heavy (non-hydrogen) atoms. The number of alkyl halides is 3. The van der Waals surface area contributed by atoms with Crippen LogP contribution >= 0.6 is 0 Å². The van der Waals surface area contributed by atoms with Gasteiger partial charge in [-0.3, -0.25) is 9.59 Å². The van der Waals surface area contributed by atoms with Crippen molar-refractivity contribution < 1.29 is 27.5 Å². The Balaban J connectivity index is 1.92. The average Bonchev–Trinajstić information content (AvgIpc) is 2.52. The van der Waals surface area contributed by atoms with E-state index in [0.717, 1.165) is 12.1 Å². The van der Waals surface area contributed by atoms with Crippen LogP contribution in [0.25, 0.3) is 0 Å². The molecule has 0 bridgehead atoms. The average molecular weight is 323 g/mol. The van der Waals surface area contributed by atoms with Gasteiger partial charge in [-0.1, -0.05) is 30.3 Å². The second-order valence-corrected chi connectivity index (χ2v) is 4.54. The molecule has 0 atom stereocenters. The lowest BCUT2D eigenvalue weighted by molar-refractivity contribution is -0.274. The van der Waals surface area contributed by atoms with Gasteiger partial charge in [0.25, 0.3) is 5.91 Å². The highest BCUT2D eigenvalue weighted by Gasteiger charge is 2.31. The molecular formula is C16H12F3NO3. The summed E-state index contributed by atoms with van der Waals surface area (Å²) in [6.07, 6.45) is -4.79. The highest BCUT2D eigenvalue weighted by Crippen LogP contribution is 2.22. The molecule has 2 rings (SSSR count). The Morgan fingerprint density at radius 3 is 2.09 bits per heavy atom. The maximum absolute atomic E-state index is 12.0. The fraction of sp³-hybridized carbons (Fsp3) is 0.125. The summed E-state index contributed by atoms with van der Waals surface area (Å²) in [6, 6.07) is 12.8. The molecule has 0 aliphatic heterocycles. The van der Waals surface area contributed by atoms with Crippen molar-refractivity contribution in [2.75, 3.05) is 6.54 Å². The van der Waals surface area contributed by atoms with Crippen molar-refractivity contribution in [1.29, 1.82) is 0 Å². The molecule has 0 aromatic heterocycles. The number of ketones is 1. The van der Waals surface area contributed by atoms with Crippen LogP contribution < -0.4 is 10.1 Å². The SMILES string of the molecule is O=C(CNC(=O)c1ccc(OC(F)(F)F)cc1)c1ccccc1. The Kier molecular flexibility index (Phi) is 5.00. The van der Waals surface area contributed by atoms with Crippen LogP contribution in [0, 0.1) is 0 Å². The van der Waals surface area contributed by atoms with E-state index in [4.69, 9.17) is 0 Å². The van der Waals surface area contributed by atoms with Gasteiger partial charge in [-0.15, -0.1) is 13.2 Å². The summed E-state index contributed by atoms with van der Waals surface area (Å²) in [7, 11) is 0. The monoisotopic (exact) mass is 323 g/mol. The molecule has 0 aliphatic rings. The minimum absolute atomic E-state index is 0.125. The van der Waals surface area contributed by atoms with Crippen LogP contribution in [-0.2, 0) is 0 Å². The zero-order chi connectivity index (χ0) is 16.9. The minimum Gasteiger partial charge on any atom is -0.406 e. The molecule has 0 fully saturated rings. The number of Topliss-reactive ketones (excluding diaryl/α,β-unsaturated/α-hetero) is 1. The highest BCUT2D eigenvalue weighted by atomic mass is 19.4. The van der Waals surface area contributed by atoms with Crippen molar-refractivity contribution in [1.82, 2.24) is 5.32 Å². The van der Waals surface area contributed by atoms with Crippen molar-refractivity contribution >= 4 is 11.7 Å². The van der Waals surface area contributed by atoms with Gasteiger partial charge < -0.3 is 10.1 Å². The molecule has 0 saturated heterocycles. The van der Waals surface area contributed by atoms with Gasteiger partial charge in [-0.25, -0.2) is 0 Å². The third-order valence-corrected chi connectivity index (χ3v) is 2.86. The lowest BCUT2D eigenvalue weighted by Gasteiger charge is -2.09. The minimum atomic E-state index is -4.79. The number of carbonyl (C=O) groups is 2. The largest absolute Gasteiger partial charge is 0.573 e. The van der Waals surface area contributed by atoms with Gasteiger partial charge in [0.15, 0.2) is 5.78 Å². The Bertz CT molecular complexity index is 682. The fourth-order valence-corrected chi connectivity index (χ4v) is 1.80.